The fourth-order valence-corrected chi connectivity index (χ4v) is 3.40. The Morgan fingerprint density at radius 2 is 1.70 bits per heavy atom. The first-order chi connectivity index (χ1) is 14.2. The van der Waals surface area contributed by atoms with Crippen LogP contribution in [0, 0.1) is 5.41 Å². The van der Waals surface area contributed by atoms with Crippen LogP contribution in [0.15, 0.2) is 54.6 Å². The van der Waals surface area contributed by atoms with Crippen LogP contribution in [-0.4, -0.2) is 29.9 Å². The summed E-state index contributed by atoms with van der Waals surface area (Å²) in [6.45, 7) is 3.00. The van der Waals surface area contributed by atoms with Gasteiger partial charge in [0.15, 0.2) is 0 Å². The highest BCUT2D eigenvalue weighted by atomic mass is 19.4. The summed E-state index contributed by atoms with van der Waals surface area (Å²) >= 11 is 0. The molecule has 1 fully saturated rings. The third-order valence-electron chi connectivity index (χ3n) is 5.44. The molecule has 0 aliphatic carbocycles. The number of carbonyl (C=O) groups excluding carboxylic acids is 2. The summed E-state index contributed by atoms with van der Waals surface area (Å²) in [6, 6.07) is 13.6. The van der Waals surface area contributed by atoms with Crippen molar-refractivity contribution in [3.8, 4) is 0 Å². The van der Waals surface area contributed by atoms with Crippen LogP contribution in [0.25, 0.3) is 0 Å². The van der Waals surface area contributed by atoms with Gasteiger partial charge in [0, 0.05) is 30.7 Å². The number of piperidine rings is 1. The number of urea groups is 1. The average molecular weight is 419 g/mol. The number of nitrogens with one attached hydrogen (secondary N) is 2. The highest BCUT2D eigenvalue weighted by molar-refractivity contribution is 5.90. The molecular formula is C22H24F3N3O2. The number of carbonyl (C=O) groups is 2. The lowest BCUT2D eigenvalue weighted by atomic mass is 9.79. The van der Waals surface area contributed by atoms with Crippen LogP contribution in [0.1, 0.15) is 30.9 Å². The fourth-order valence-electron chi connectivity index (χ4n) is 3.40. The predicted octanol–water partition coefficient (Wildman–Crippen LogP) is 4.66. The Labute approximate surface area is 173 Å². The Kier molecular flexibility index (Phi) is 6.34. The topological polar surface area (TPSA) is 61.4 Å². The third-order valence-corrected chi connectivity index (χ3v) is 5.44. The number of hydrogen-bond donors (Lipinski definition) is 2. The zero-order valence-electron chi connectivity index (χ0n) is 16.6. The Morgan fingerprint density at radius 1 is 1.03 bits per heavy atom. The molecule has 0 bridgehead atoms. The second kappa shape index (κ2) is 8.77. The van der Waals surface area contributed by atoms with Crippen molar-refractivity contribution < 1.29 is 22.8 Å². The lowest BCUT2D eigenvalue weighted by Crippen LogP contribution is -2.49. The quantitative estimate of drug-likeness (QED) is 0.758. The van der Waals surface area contributed by atoms with Gasteiger partial charge in [0.2, 0.25) is 5.91 Å². The molecule has 30 heavy (non-hydrogen) atoms. The number of nitrogens with zero attached hydrogens (tertiary/aromatic N) is 1. The molecule has 1 heterocycles. The first-order valence-corrected chi connectivity index (χ1v) is 9.73. The Balaban J connectivity index is 1.53. The molecule has 3 rings (SSSR count). The highest BCUT2D eigenvalue weighted by Crippen LogP contribution is 2.33. The van der Waals surface area contributed by atoms with Gasteiger partial charge < -0.3 is 15.5 Å². The monoisotopic (exact) mass is 419 g/mol. The number of anilines is 1. The first-order valence-electron chi connectivity index (χ1n) is 9.73. The number of benzene rings is 2. The smallest absolute Gasteiger partial charge is 0.352 e. The molecule has 0 radical (unpaired) electrons. The van der Waals surface area contributed by atoms with E-state index in [4.69, 9.17) is 0 Å². The first kappa shape index (κ1) is 21.7. The molecule has 0 saturated carbocycles. The summed E-state index contributed by atoms with van der Waals surface area (Å²) in [6.07, 6.45) is -3.52. The van der Waals surface area contributed by atoms with Gasteiger partial charge >= 0.3 is 12.2 Å². The Hall–Kier alpha value is -3.03. The van der Waals surface area contributed by atoms with Gasteiger partial charge in [0.05, 0.1) is 5.56 Å². The molecule has 2 N–H and O–H groups in total. The molecule has 1 aliphatic heterocycles. The minimum atomic E-state index is -4.47. The van der Waals surface area contributed by atoms with Crippen molar-refractivity contribution in [1.82, 2.24) is 10.2 Å². The lowest BCUT2D eigenvalue weighted by molar-refractivity contribution is -0.137. The molecule has 2 aromatic rings. The zero-order valence-corrected chi connectivity index (χ0v) is 16.6. The van der Waals surface area contributed by atoms with Gasteiger partial charge in [-0.2, -0.15) is 13.2 Å². The van der Waals surface area contributed by atoms with Gasteiger partial charge in [-0.25, -0.2) is 4.79 Å². The van der Waals surface area contributed by atoms with Crippen molar-refractivity contribution in [2.75, 3.05) is 18.4 Å². The summed E-state index contributed by atoms with van der Waals surface area (Å²) in [4.78, 5) is 26.6. The third kappa shape index (κ3) is 5.31. The molecule has 1 saturated heterocycles. The van der Waals surface area contributed by atoms with Crippen LogP contribution in [0.3, 0.4) is 0 Å². The minimum absolute atomic E-state index is 0.0655. The van der Waals surface area contributed by atoms with Gasteiger partial charge in [-0.1, -0.05) is 43.3 Å². The molecule has 5 nitrogen and oxygen atoms in total. The lowest BCUT2D eigenvalue weighted by Gasteiger charge is -2.38. The van der Waals surface area contributed by atoms with E-state index in [1.807, 2.05) is 37.3 Å². The maximum Gasteiger partial charge on any atom is 0.416 e. The molecule has 160 valence electrons. The number of halogens is 3. The second-order valence-electron chi connectivity index (χ2n) is 7.72. The summed E-state index contributed by atoms with van der Waals surface area (Å²) in [5.41, 5.74) is -0.320. The van der Waals surface area contributed by atoms with Crippen LogP contribution >= 0.6 is 0 Å². The van der Waals surface area contributed by atoms with E-state index in [0.29, 0.717) is 32.5 Å². The molecule has 2 aromatic carbocycles. The minimum Gasteiger partial charge on any atom is -0.352 e. The van der Waals surface area contributed by atoms with Gasteiger partial charge in [0.25, 0.3) is 0 Å². The number of likely N-dealkylation sites (tertiary alicyclic amines) is 1. The molecule has 3 amide bonds. The van der Waals surface area contributed by atoms with Crippen LogP contribution in [0.5, 0.6) is 0 Å². The largest absolute Gasteiger partial charge is 0.416 e. The van der Waals surface area contributed by atoms with Crippen molar-refractivity contribution >= 4 is 17.6 Å². The van der Waals surface area contributed by atoms with E-state index in [0.717, 1.165) is 17.7 Å². The predicted molar refractivity (Wildman–Crippen MR) is 108 cm³/mol. The van der Waals surface area contributed by atoms with E-state index in [1.165, 1.54) is 17.0 Å². The second-order valence-corrected chi connectivity index (χ2v) is 7.72. The van der Waals surface area contributed by atoms with E-state index in [-0.39, 0.29) is 11.6 Å². The van der Waals surface area contributed by atoms with Gasteiger partial charge in [-0.15, -0.1) is 0 Å². The van der Waals surface area contributed by atoms with Crippen molar-refractivity contribution in [2.45, 2.75) is 32.5 Å². The number of rotatable bonds is 4. The molecule has 1 aliphatic rings. The van der Waals surface area contributed by atoms with E-state index in [1.54, 1.807) is 0 Å². The average Bonchev–Trinajstić information content (AvgIpc) is 2.73. The van der Waals surface area contributed by atoms with Crippen LogP contribution in [0.2, 0.25) is 0 Å². The zero-order chi connectivity index (χ0) is 21.8. The van der Waals surface area contributed by atoms with Gasteiger partial charge in [0.1, 0.15) is 0 Å². The van der Waals surface area contributed by atoms with E-state index >= 15 is 0 Å². The highest BCUT2D eigenvalue weighted by Gasteiger charge is 2.38. The van der Waals surface area contributed by atoms with Crippen molar-refractivity contribution in [3.63, 3.8) is 0 Å². The van der Waals surface area contributed by atoms with Gasteiger partial charge in [-0.3, -0.25) is 4.79 Å². The van der Waals surface area contributed by atoms with Crippen molar-refractivity contribution in [3.05, 3.63) is 65.7 Å². The fraction of sp³-hybridized carbons (Fsp3) is 0.364. The van der Waals surface area contributed by atoms with Crippen molar-refractivity contribution in [2.24, 2.45) is 5.41 Å². The van der Waals surface area contributed by atoms with Crippen molar-refractivity contribution in [1.29, 1.82) is 0 Å². The molecule has 8 heteroatoms. The molecule has 0 aromatic heterocycles. The molecular weight excluding hydrogens is 395 g/mol. The molecule has 0 unspecified atom stereocenters. The van der Waals surface area contributed by atoms with E-state index in [9.17, 15) is 22.8 Å². The molecule has 0 spiro atoms. The normalized spacial score (nSPS) is 16.1. The number of alkyl halides is 3. The Bertz CT molecular complexity index is 892. The maximum atomic E-state index is 12.8. The Morgan fingerprint density at radius 3 is 2.33 bits per heavy atom. The van der Waals surface area contributed by atoms with Crippen LogP contribution in [-0.2, 0) is 17.5 Å². The number of hydrogen-bond acceptors (Lipinski definition) is 2. The van der Waals surface area contributed by atoms with E-state index < -0.39 is 23.2 Å². The van der Waals surface area contributed by atoms with Crippen LogP contribution in [0.4, 0.5) is 23.7 Å². The summed E-state index contributed by atoms with van der Waals surface area (Å²) in [7, 11) is 0. The summed E-state index contributed by atoms with van der Waals surface area (Å²) in [5, 5.41) is 5.46. The maximum absolute atomic E-state index is 12.8. The molecule has 0 atom stereocenters. The van der Waals surface area contributed by atoms with Gasteiger partial charge in [-0.05, 0) is 36.6 Å². The van der Waals surface area contributed by atoms with E-state index in [2.05, 4.69) is 10.6 Å². The standard InChI is InChI=1S/C22H24F3N3O2/c1-21(19(29)26-15-16-6-3-2-4-7-16)10-12-28(13-11-21)20(30)27-18-9-5-8-17(14-18)22(23,24)25/h2-9,14H,10-13,15H2,1H3,(H,26,29)(H,27,30). The van der Waals surface area contributed by atoms with Crippen LogP contribution < -0.4 is 10.6 Å². The SMILES string of the molecule is CC1(C(=O)NCc2ccccc2)CCN(C(=O)Nc2cccc(C(F)(F)F)c2)CC1. The summed E-state index contributed by atoms with van der Waals surface area (Å²) in [5.74, 6) is -0.0655. The summed E-state index contributed by atoms with van der Waals surface area (Å²) < 4.78 is 38.5. The number of amides is 3.